The number of hydrogen-bond donors (Lipinski definition) is 3. The average molecular weight is 757 g/mol. The summed E-state index contributed by atoms with van der Waals surface area (Å²) in [7, 11) is 3.00. The largest absolute Gasteiger partial charge is 0.495 e. The number of methoxy groups -OCH3 is 2. The van der Waals surface area contributed by atoms with E-state index in [1.54, 1.807) is 54.6 Å². The van der Waals surface area contributed by atoms with Gasteiger partial charge in [0.2, 0.25) is 5.91 Å². The first kappa shape index (κ1) is 35.3. The molecule has 0 aliphatic rings. The summed E-state index contributed by atoms with van der Waals surface area (Å²) < 4.78 is 11.6. The topological polar surface area (TPSA) is 106 Å². The number of thioether (sulfide) groups is 1. The number of carbonyl (C=O) groups excluding carboxylic acids is 3. The van der Waals surface area contributed by atoms with Gasteiger partial charge in [-0.15, -0.1) is 11.8 Å². The van der Waals surface area contributed by atoms with Gasteiger partial charge in [-0.3, -0.25) is 14.4 Å². The standard InChI is InChI=1S/C38H31BrClN3O5S/c1-47-33-23-34(48-2)31(22-30(33)40)42-38(46)35(25-9-5-3-6-10-25)49-29-19-17-28(18-20-29)41-37(45)32(21-24-13-15-27(39)16-14-24)43-36(44)26-11-7-4-8-12-26/h3-23,35H,1-2H3,(H,41,45)(H,42,46)(H,43,44)/b32-21-. The zero-order valence-electron chi connectivity index (χ0n) is 26.4. The summed E-state index contributed by atoms with van der Waals surface area (Å²) >= 11 is 11.1. The lowest BCUT2D eigenvalue weighted by Gasteiger charge is -2.19. The van der Waals surface area contributed by atoms with Crippen molar-refractivity contribution < 1.29 is 23.9 Å². The Bertz CT molecular complexity index is 1960. The highest BCUT2D eigenvalue weighted by atomic mass is 79.9. The van der Waals surface area contributed by atoms with Crippen molar-refractivity contribution in [3.05, 3.63) is 153 Å². The summed E-state index contributed by atoms with van der Waals surface area (Å²) in [6, 6.07) is 35.7. The second-order valence-electron chi connectivity index (χ2n) is 10.5. The van der Waals surface area contributed by atoms with Gasteiger partial charge in [-0.05, 0) is 71.8 Å². The molecule has 3 amide bonds. The summed E-state index contributed by atoms with van der Waals surface area (Å²) in [4.78, 5) is 41.0. The summed E-state index contributed by atoms with van der Waals surface area (Å²) in [6.07, 6.45) is 1.61. The Morgan fingerprint density at radius 2 is 1.41 bits per heavy atom. The maximum atomic E-state index is 13.7. The fourth-order valence-corrected chi connectivity index (χ4v) is 6.21. The third-order valence-electron chi connectivity index (χ3n) is 7.15. The van der Waals surface area contributed by atoms with E-state index in [1.165, 1.54) is 26.0 Å². The van der Waals surface area contributed by atoms with Gasteiger partial charge in [-0.25, -0.2) is 0 Å². The third kappa shape index (κ3) is 9.54. The van der Waals surface area contributed by atoms with Crippen LogP contribution in [0.15, 0.2) is 136 Å². The molecule has 0 radical (unpaired) electrons. The number of carbonyl (C=O) groups is 3. The van der Waals surface area contributed by atoms with Crippen LogP contribution in [0.5, 0.6) is 11.5 Å². The van der Waals surface area contributed by atoms with Gasteiger partial charge in [0.25, 0.3) is 11.8 Å². The lowest BCUT2D eigenvalue weighted by Crippen LogP contribution is -2.30. The van der Waals surface area contributed by atoms with Crippen LogP contribution in [-0.4, -0.2) is 31.9 Å². The molecular formula is C38H31BrClN3O5S. The summed E-state index contributed by atoms with van der Waals surface area (Å²) in [5.74, 6) is -0.371. The van der Waals surface area contributed by atoms with E-state index in [4.69, 9.17) is 21.1 Å². The molecule has 1 atom stereocenters. The molecule has 248 valence electrons. The van der Waals surface area contributed by atoms with Gasteiger partial charge in [0.15, 0.2) is 0 Å². The Morgan fingerprint density at radius 3 is 2.04 bits per heavy atom. The summed E-state index contributed by atoms with van der Waals surface area (Å²) in [6.45, 7) is 0. The van der Waals surface area contributed by atoms with Gasteiger partial charge < -0.3 is 25.4 Å². The molecular weight excluding hydrogens is 726 g/mol. The second-order valence-corrected chi connectivity index (χ2v) is 13.0. The van der Waals surface area contributed by atoms with Crippen LogP contribution in [0.25, 0.3) is 6.08 Å². The smallest absolute Gasteiger partial charge is 0.272 e. The highest BCUT2D eigenvalue weighted by Crippen LogP contribution is 2.40. The Labute approximate surface area is 302 Å². The highest BCUT2D eigenvalue weighted by molar-refractivity contribution is 9.10. The van der Waals surface area contributed by atoms with E-state index in [0.29, 0.717) is 33.5 Å². The molecule has 0 saturated carbocycles. The lowest BCUT2D eigenvalue weighted by atomic mass is 10.1. The number of anilines is 2. The van der Waals surface area contributed by atoms with Crippen LogP contribution in [-0.2, 0) is 9.59 Å². The maximum absolute atomic E-state index is 13.7. The molecule has 0 fully saturated rings. The van der Waals surface area contributed by atoms with Crippen LogP contribution in [0.1, 0.15) is 26.7 Å². The minimum atomic E-state index is -0.638. The van der Waals surface area contributed by atoms with E-state index < -0.39 is 17.1 Å². The SMILES string of the molecule is COc1cc(OC)c(NC(=O)C(Sc2ccc(NC(=O)/C(=C/c3ccc(Br)cc3)NC(=O)c3ccccc3)cc2)c2ccccc2)cc1Cl. The lowest BCUT2D eigenvalue weighted by molar-refractivity contribution is -0.116. The number of benzene rings is 5. The molecule has 8 nitrogen and oxygen atoms in total. The first-order valence-corrected chi connectivity index (χ1v) is 17.0. The number of hydrogen-bond acceptors (Lipinski definition) is 6. The molecule has 0 spiro atoms. The van der Waals surface area contributed by atoms with Crippen molar-refractivity contribution in [2.24, 2.45) is 0 Å². The molecule has 0 saturated heterocycles. The third-order valence-corrected chi connectivity index (χ3v) is 9.24. The first-order valence-electron chi connectivity index (χ1n) is 14.9. The Balaban J connectivity index is 1.34. The minimum Gasteiger partial charge on any atom is -0.495 e. The number of halogens is 2. The van der Waals surface area contributed by atoms with Crippen molar-refractivity contribution >= 4 is 74.5 Å². The highest BCUT2D eigenvalue weighted by Gasteiger charge is 2.24. The predicted octanol–water partition coefficient (Wildman–Crippen LogP) is 9.00. The molecule has 5 aromatic rings. The van der Waals surface area contributed by atoms with E-state index in [0.717, 1.165) is 20.5 Å². The number of nitrogens with one attached hydrogen (secondary N) is 3. The number of ether oxygens (including phenoxy) is 2. The molecule has 0 aliphatic carbocycles. The zero-order chi connectivity index (χ0) is 34.8. The first-order chi connectivity index (χ1) is 23.7. The molecule has 11 heteroatoms. The van der Waals surface area contributed by atoms with Gasteiger partial charge in [0, 0.05) is 26.7 Å². The Kier molecular flexibility index (Phi) is 12.2. The van der Waals surface area contributed by atoms with E-state index in [1.807, 2.05) is 72.8 Å². The minimum absolute atomic E-state index is 0.0736. The van der Waals surface area contributed by atoms with Crippen molar-refractivity contribution in [3.8, 4) is 11.5 Å². The molecule has 1 unspecified atom stereocenters. The molecule has 3 N–H and O–H groups in total. The fraction of sp³-hybridized carbons (Fsp3) is 0.0789. The summed E-state index contributed by atoms with van der Waals surface area (Å²) in [5, 5.41) is 8.25. The molecule has 0 heterocycles. The predicted molar refractivity (Wildman–Crippen MR) is 199 cm³/mol. The zero-order valence-corrected chi connectivity index (χ0v) is 29.6. The van der Waals surface area contributed by atoms with Gasteiger partial charge >= 0.3 is 0 Å². The average Bonchev–Trinajstić information content (AvgIpc) is 3.12. The van der Waals surface area contributed by atoms with Crippen molar-refractivity contribution in [2.75, 3.05) is 24.9 Å². The molecule has 0 aliphatic heterocycles. The van der Waals surface area contributed by atoms with Crippen molar-refractivity contribution in [1.29, 1.82) is 0 Å². The molecule has 5 aromatic carbocycles. The van der Waals surface area contributed by atoms with Crippen LogP contribution < -0.4 is 25.4 Å². The Hall–Kier alpha value is -5.03. The molecule has 0 aromatic heterocycles. The van der Waals surface area contributed by atoms with Crippen LogP contribution in [0.3, 0.4) is 0 Å². The molecule has 5 rings (SSSR count). The maximum Gasteiger partial charge on any atom is 0.272 e. The second kappa shape index (κ2) is 16.9. The van der Waals surface area contributed by atoms with Gasteiger partial charge in [0.05, 0.1) is 24.9 Å². The van der Waals surface area contributed by atoms with Crippen LogP contribution in [0.4, 0.5) is 11.4 Å². The molecule has 0 bridgehead atoms. The summed E-state index contributed by atoms with van der Waals surface area (Å²) in [5.41, 5.74) is 2.92. The quantitative estimate of drug-likeness (QED) is 0.0867. The molecule has 49 heavy (non-hydrogen) atoms. The van der Waals surface area contributed by atoms with Crippen molar-refractivity contribution in [2.45, 2.75) is 10.1 Å². The van der Waals surface area contributed by atoms with E-state index in [-0.39, 0.29) is 11.6 Å². The van der Waals surface area contributed by atoms with Gasteiger partial charge in [-0.1, -0.05) is 88.2 Å². The monoisotopic (exact) mass is 755 g/mol. The van der Waals surface area contributed by atoms with Crippen molar-refractivity contribution in [3.63, 3.8) is 0 Å². The van der Waals surface area contributed by atoms with E-state index >= 15 is 0 Å². The van der Waals surface area contributed by atoms with Gasteiger partial charge in [0.1, 0.15) is 22.4 Å². The van der Waals surface area contributed by atoms with Crippen LogP contribution in [0, 0.1) is 0 Å². The van der Waals surface area contributed by atoms with Gasteiger partial charge in [-0.2, -0.15) is 0 Å². The van der Waals surface area contributed by atoms with E-state index in [2.05, 4.69) is 31.9 Å². The van der Waals surface area contributed by atoms with Crippen LogP contribution >= 0.6 is 39.3 Å². The van der Waals surface area contributed by atoms with E-state index in [9.17, 15) is 14.4 Å². The number of amides is 3. The Morgan fingerprint density at radius 1 is 0.776 bits per heavy atom. The van der Waals surface area contributed by atoms with Crippen molar-refractivity contribution in [1.82, 2.24) is 5.32 Å². The fourth-order valence-electron chi connectivity index (χ4n) is 4.68. The van der Waals surface area contributed by atoms with Crippen LogP contribution in [0.2, 0.25) is 5.02 Å². The number of rotatable bonds is 12. The normalized spacial score (nSPS) is 11.6.